The fraction of sp³-hybridized carbons (Fsp3) is 0.211. The third-order valence-electron chi connectivity index (χ3n) is 3.62. The number of methoxy groups -OCH3 is 2. The molecule has 2 aromatic rings. The van der Waals surface area contributed by atoms with Gasteiger partial charge in [0.05, 0.1) is 14.2 Å². The van der Waals surface area contributed by atoms with Gasteiger partial charge in [-0.15, -0.1) is 0 Å². The van der Waals surface area contributed by atoms with Gasteiger partial charge in [-0.25, -0.2) is 0 Å². The van der Waals surface area contributed by atoms with Gasteiger partial charge in [0.1, 0.15) is 0 Å². The van der Waals surface area contributed by atoms with Crippen molar-refractivity contribution in [3.63, 3.8) is 0 Å². The van der Waals surface area contributed by atoms with Gasteiger partial charge in [-0.2, -0.15) is 0 Å². The monoisotopic (exact) mass is 328 g/mol. The Morgan fingerprint density at radius 3 is 2.46 bits per heavy atom. The van der Waals surface area contributed by atoms with Crippen molar-refractivity contribution in [2.45, 2.75) is 6.42 Å². The molecule has 0 unspecified atom stereocenters. The largest absolute Gasteiger partial charge is 0.502 e. The van der Waals surface area contributed by atoms with Crippen LogP contribution in [-0.4, -0.2) is 36.8 Å². The second-order valence-electron chi connectivity index (χ2n) is 5.07. The normalized spacial score (nSPS) is 10.8. The van der Waals surface area contributed by atoms with Crippen LogP contribution in [0.2, 0.25) is 0 Å². The van der Waals surface area contributed by atoms with Gasteiger partial charge < -0.3 is 19.7 Å². The first-order valence-electron chi connectivity index (χ1n) is 7.47. The summed E-state index contributed by atoms with van der Waals surface area (Å²) in [6.45, 7) is -0.115. The molecule has 0 spiro atoms. The van der Waals surface area contributed by atoms with E-state index in [-0.39, 0.29) is 36.1 Å². The summed E-state index contributed by atoms with van der Waals surface area (Å²) in [5, 5.41) is 19.4. The first-order chi connectivity index (χ1) is 11.6. The average Bonchev–Trinajstić information content (AvgIpc) is 2.62. The van der Waals surface area contributed by atoms with Crippen molar-refractivity contribution < 1.29 is 24.5 Å². The number of hydrogen-bond donors (Lipinski definition) is 2. The number of rotatable bonds is 7. The van der Waals surface area contributed by atoms with Crippen LogP contribution < -0.4 is 9.47 Å². The highest BCUT2D eigenvalue weighted by molar-refractivity contribution is 6.06. The summed E-state index contributed by atoms with van der Waals surface area (Å²) in [4.78, 5) is 12.2. The van der Waals surface area contributed by atoms with Crippen LogP contribution in [0.3, 0.4) is 0 Å². The minimum absolute atomic E-state index is 0.115. The van der Waals surface area contributed by atoms with Gasteiger partial charge in [-0.1, -0.05) is 36.4 Å². The van der Waals surface area contributed by atoms with E-state index in [1.807, 2.05) is 6.07 Å². The minimum Gasteiger partial charge on any atom is -0.502 e. The fourth-order valence-corrected chi connectivity index (χ4v) is 2.44. The number of hydrogen-bond acceptors (Lipinski definition) is 5. The molecule has 0 aliphatic rings. The number of ether oxygens (including phenoxy) is 2. The molecule has 0 heterocycles. The van der Waals surface area contributed by atoms with Gasteiger partial charge in [0.15, 0.2) is 17.3 Å². The van der Waals surface area contributed by atoms with Gasteiger partial charge in [-0.05, 0) is 24.1 Å². The lowest BCUT2D eigenvalue weighted by Crippen LogP contribution is -2.01. The van der Waals surface area contributed by atoms with Crippen molar-refractivity contribution in [2.75, 3.05) is 20.8 Å². The van der Waals surface area contributed by atoms with Gasteiger partial charge in [0.2, 0.25) is 5.75 Å². The van der Waals surface area contributed by atoms with Crippen molar-refractivity contribution in [3.05, 3.63) is 59.2 Å². The van der Waals surface area contributed by atoms with Crippen LogP contribution in [0.25, 0.3) is 6.08 Å². The molecule has 0 aliphatic heterocycles. The molecule has 0 aliphatic carbocycles. The smallest absolute Gasteiger partial charge is 0.201 e. The van der Waals surface area contributed by atoms with E-state index < -0.39 is 0 Å². The third-order valence-corrected chi connectivity index (χ3v) is 3.62. The molecule has 5 nitrogen and oxygen atoms in total. The van der Waals surface area contributed by atoms with E-state index in [1.54, 1.807) is 36.4 Å². The summed E-state index contributed by atoms with van der Waals surface area (Å²) in [5.74, 6) is 0.196. The first kappa shape index (κ1) is 17.6. The zero-order valence-electron chi connectivity index (χ0n) is 13.7. The third kappa shape index (κ3) is 3.75. The molecule has 0 radical (unpaired) electrons. The molecule has 0 saturated carbocycles. The van der Waals surface area contributed by atoms with E-state index in [2.05, 4.69) is 0 Å². The Labute approximate surface area is 140 Å². The van der Waals surface area contributed by atoms with E-state index in [9.17, 15) is 15.0 Å². The number of aromatic hydroxyl groups is 1. The number of carbonyl (C=O) groups is 1. The standard InChI is InChI=1S/C19H20O5/c1-23-17-12-14(15(10-11-20)19(24-2)18(17)22)8-9-16(21)13-6-4-3-5-7-13/h3-9,12,20,22H,10-11H2,1-2H3. The van der Waals surface area contributed by atoms with Crippen LogP contribution in [-0.2, 0) is 6.42 Å². The molecule has 2 rings (SSSR count). The highest BCUT2D eigenvalue weighted by atomic mass is 16.5. The van der Waals surface area contributed by atoms with Crippen molar-refractivity contribution in [1.29, 1.82) is 0 Å². The van der Waals surface area contributed by atoms with E-state index in [4.69, 9.17) is 9.47 Å². The SMILES string of the molecule is COc1cc(C=CC(=O)c2ccccc2)c(CCO)c(OC)c1O. The molecular formula is C19H20O5. The molecule has 24 heavy (non-hydrogen) atoms. The molecule has 0 aromatic heterocycles. The van der Waals surface area contributed by atoms with Crippen LogP contribution >= 0.6 is 0 Å². The van der Waals surface area contributed by atoms with Crippen molar-refractivity contribution >= 4 is 11.9 Å². The van der Waals surface area contributed by atoms with Gasteiger partial charge >= 0.3 is 0 Å². The fourth-order valence-electron chi connectivity index (χ4n) is 2.44. The Morgan fingerprint density at radius 2 is 1.88 bits per heavy atom. The molecule has 0 fully saturated rings. The van der Waals surface area contributed by atoms with E-state index >= 15 is 0 Å². The summed E-state index contributed by atoms with van der Waals surface area (Å²) in [7, 11) is 2.86. The highest BCUT2D eigenvalue weighted by Gasteiger charge is 2.18. The zero-order chi connectivity index (χ0) is 17.5. The van der Waals surface area contributed by atoms with Gasteiger partial charge in [0.25, 0.3) is 0 Å². The Hall–Kier alpha value is -2.79. The van der Waals surface area contributed by atoms with Crippen molar-refractivity contribution in [2.24, 2.45) is 0 Å². The van der Waals surface area contributed by atoms with Gasteiger partial charge in [0, 0.05) is 17.7 Å². The van der Waals surface area contributed by atoms with Crippen LogP contribution in [0.4, 0.5) is 0 Å². The number of aliphatic hydroxyl groups excluding tert-OH is 1. The van der Waals surface area contributed by atoms with Crippen molar-refractivity contribution in [3.8, 4) is 17.2 Å². The Bertz CT molecular complexity index is 735. The maximum atomic E-state index is 12.2. The Kier molecular flexibility index (Phi) is 5.98. The molecular weight excluding hydrogens is 308 g/mol. The number of allylic oxidation sites excluding steroid dienone is 1. The molecule has 5 heteroatoms. The van der Waals surface area contributed by atoms with E-state index in [0.29, 0.717) is 16.7 Å². The number of phenols is 1. The Balaban J connectivity index is 2.44. The second-order valence-corrected chi connectivity index (χ2v) is 5.07. The van der Waals surface area contributed by atoms with E-state index in [1.165, 1.54) is 20.3 Å². The number of benzene rings is 2. The lowest BCUT2D eigenvalue weighted by atomic mass is 10.0. The lowest BCUT2D eigenvalue weighted by molar-refractivity contribution is 0.104. The van der Waals surface area contributed by atoms with Crippen LogP contribution in [0.5, 0.6) is 17.2 Å². The van der Waals surface area contributed by atoms with Crippen LogP contribution in [0.15, 0.2) is 42.5 Å². The molecule has 0 bridgehead atoms. The zero-order valence-corrected chi connectivity index (χ0v) is 13.7. The quantitative estimate of drug-likeness (QED) is 0.604. The lowest BCUT2D eigenvalue weighted by Gasteiger charge is -2.15. The summed E-state index contributed by atoms with van der Waals surface area (Å²) in [6.07, 6.45) is 3.35. The van der Waals surface area contributed by atoms with Crippen LogP contribution in [0.1, 0.15) is 21.5 Å². The average molecular weight is 328 g/mol. The van der Waals surface area contributed by atoms with Crippen molar-refractivity contribution in [1.82, 2.24) is 0 Å². The molecule has 0 atom stereocenters. The summed E-state index contributed by atoms with van der Waals surface area (Å²) >= 11 is 0. The molecule has 126 valence electrons. The minimum atomic E-state index is -0.142. The number of phenolic OH excluding ortho intramolecular Hbond substituents is 1. The van der Waals surface area contributed by atoms with Gasteiger partial charge in [-0.3, -0.25) is 4.79 Å². The number of aliphatic hydroxyl groups is 1. The molecule has 0 saturated heterocycles. The maximum Gasteiger partial charge on any atom is 0.201 e. The summed E-state index contributed by atoms with van der Waals surface area (Å²) in [5.41, 5.74) is 1.82. The highest BCUT2D eigenvalue weighted by Crippen LogP contribution is 2.41. The predicted molar refractivity (Wildman–Crippen MR) is 91.8 cm³/mol. The predicted octanol–water partition coefficient (Wildman–Crippen LogP) is 2.84. The first-order valence-corrected chi connectivity index (χ1v) is 7.47. The molecule has 2 aromatic carbocycles. The summed E-state index contributed by atoms with van der Waals surface area (Å²) in [6, 6.07) is 10.5. The molecule has 0 amide bonds. The maximum absolute atomic E-state index is 12.2. The number of carbonyl (C=O) groups excluding carboxylic acids is 1. The number of ketones is 1. The topological polar surface area (TPSA) is 76.0 Å². The van der Waals surface area contributed by atoms with Crippen LogP contribution in [0, 0.1) is 0 Å². The second kappa shape index (κ2) is 8.17. The molecule has 2 N–H and O–H groups in total. The summed E-state index contributed by atoms with van der Waals surface area (Å²) < 4.78 is 10.4. The van der Waals surface area contributed by atoms with E-state index in [0.717, 1.165) is 0 Å². The Morgan fingerprint density at radius 1 is 1.17 bits per heavy atom.